The first-order chi connectivity index (χ1) is 23.3. The Hall–Kier alpha value is -4.72. The lowest BCUT2D eigenvalue weighted by atomic mass is 9.75. The predicted molar refractivity (Wildman–Crippen MR) is 191 cm³/mol. The van der Waals surface area contributed by atoms with Gasteiger partial charge in [-0.2, -0.15) is 5.26 Å². The highest BCUT2D eigenvalue weighted by Gasteiger charge is 2.46. The molecule has 3 aliphatic heterocycles. The molecule has 0 bridgehead atoms. The maximum absolute atomic E-state index is 10.1. The number of hydrogen-bond acceptors (Lipinski definition) is 4. The predicted octanol–water partition coefficient (Wildman–Crippen LogP) is 10.3. The van der Waals surface area contributed by atoms with Crippen LogP contribution in [-0.2, 0) is 0 Å². The summed E-state index contributed by atoms with van der Waals surface area (Å²) >= 11 is 2.02. The zero-order valence-corrected chi connectivity index (χ0v) is 27.0. The topological polar surface area (TPSA) is 30.3 Å². The number of rotatable bonds is 3. The van der Waals surface area contributed by atoms with E-state index in [0.29, 0.717) is 23.0 Å². The Morgan fingerprint density at radius 2 is 1.72 bits per heavy atom. The number of hydrogen-bond donors (Lipinski definition) is 0. The second kappa shape index (κ2) is 10.7. The lowest BCUT2D eigenvalue weighted by Gasteiger charge is -2.38. The van der Waals surface area contributed by atoms with E-state index < -0.39 is 0 Å². The number of para-hydroxylation sites is 2. The first kappa shape index (κ1) is 27.4. The van der Waals surface area contributed by atoms with Crippen molar-refractivity contribution in [1.29, 1.82) is 5.26 Å². The third-order valence-electron chi connectivity index (χ3n) is 11.4. The fourth-order valence-corrected chi connectivity index (χ4v) is 10.7. The molecule has 3 aromatic rings. The van der Waals surface area contributed by atoms with E-state index in [1.807, 2.05) is 23.9 Å². The minimum atomic E-state index is 0.212. The van der Waals surface area contributed by atoms with Crippen LogP contribution in [0.4, 0.5) is 11.4 Å². The Bertz CT molecular complexity index is 2100. The molecule has 228 valence electrons. The molecular weight excluding hydrogens is 591 g/mol. The minimum Gasteiger partial charge on any atom is -0.335 e. The van der Waals surface area contributed by atoms with Crippen LogP contribution in [0.2, 0.25) is 0 Å². The van der Waals surface area contributed by atoms with Gasteiger partial charge in [-0.25, -0.2) is 0 Å². The maximum atomic E-state index is 10.1. The summed E-state index contributed by atoms with van der Waals surface area (Å²) in [5.41, 5.74) is 13.0. The van der Waals surface area contributed by atoms with Gasteiger partial charge in [-0.15, -0.1) is 11.8 Å². The number of fused-ring (bicyclic) bond motifs is 8. The van der Waals surface area contributed by atoms with Gasteiger partial charge in [0.05, 0.1) is 17.3 Å². The largest absolute Gasteiger partial charge is 0.335 e. The number of nitriles is 1. The molecule has 6 unspecified atom stereocenters. The lowest BCUT2D eigenvalue weighted by Crippen LogP contribution is -2.37. The summed E-state index contributed by atoms with van der Waals surface area (Å²) in [6, 6.07) is 26.9. The molecule has 0 radical (unpaired) electrons. The molecule has 0 saturated carbocycles. The smallest absolute Gasteiger partial charge is 0.101 e. The summed E-state index contributed by atoms with van der Waals surface area (Å²) in [4.78, 5) is 6.46. The minimum absolute atomic E-state index is 0.212. The third-order valence-corrected chi connectivity index (χ3v) is 12.7. The molecule has 4 heteroatoms. The Morgan fingerprint density at radius 3 is 2.66 bits per heavy atom. The molecule has 7 aliphatic rings. The van der Waals surface area contributed by atoms with Gasteiger partial charge in [0.15, 0.2) is 0 Å². The molecule has 4 aliphatic carbocycles. The molecular formula is C43H35N3S. The average Bonchev–Trinajstić information content (AvgIpc) is 3.79. The van der Waals surface area contributed by atoms with Crippen molar-refractivity contribution in [1.82, 2.24) is 4.90 Å². The zero-order chi connectivity index (χ0) is 31.1. The number of benzene rings is 3. The molecule has 6 atom stereocenters. The van der Waals surface area contributed by atoms with E-state index in [-0.39, 0.29) is 12.0 Å². The quantitative estimate of drug-likeness (QED) is 0.271. The molecule has 0 spiro atoms. The van der Waals surface area contributed by atoms with Crippen molar-refractivity contribution < 1.29 is 0 Å². The van der Waals surface area contributed by atoms with E-state index in [1.165, 1.54) is 50.8 Å². The second-order valence-corrected chi connectivity index (χ2v) is 14.9. The summed E-state index contributed by atoms with van der Waals surface area (Å²) in [5.74, 6) is 1.44. The van der Waals surface area contributed by atoms with Gasteiger partial charge in [-0.05, 0) is 90.4 Å². The van der Waals surface area contributed by atoms with Crippen LogP contribution in [-0.4, -0.2) is 16.2 Å². The Labute approximate surface area is 281 Å². The average molecular weight is 626 g/mol. The van der Waals surface area contributed by atoms with E-state index in [0.717, 1.165) is 30.5 Å². The van der Waals surface area contributed by atoms with Gasteiger partial charge < -0.3 is 9.80 Å². The molecule has 10 rings (SSSR count). The van der Waals surface area contributed by atoms with Crippen LogP contribution in [0.5, 0.6) is 0 Å². The van der Waals surface area contributed by atoms with Crippen LogP contribution in [0.25, 0.3) is 0 Å². The summed E-state index contributed by atoms with van der Waals surface area (Å²) in [6.07, 6.45) is 28.3. The van der Waals surface area contributed by atoms with Crippen LogP contribution < -0.4 is 4.90 Å². The Kier molecular flexibility index (Phi) is 6.21. The first-order valence-electron chi connectivity index (χ1n) is 17.1. The first-order valence-corrected chi connectivity index (χ1v) is 18.0. The molecule has 0 aromatic heterocycles. The summed E-state index contributed by atoms with van der Waals surface area (Å²) in [5, 5.41) is 10.6. The summed E-state index contributed by atoms with van der Waals surface area (Å²) in [6.45, 7) is 0. The van der Waals surface area contributed by atoms with Gasteiger partial charge in [-0.1, -0.05) is 85.0 Å². The zero-order valence-electron chi connectivity index (χ0n) is 26.2. The second-order valence-electron chi connectivity index (χ2n) is 13.7. The van der Waals surface area contributed by atoms with Crippen LogP contribution >= 0.6 is 11.8 Å². The van der Waals surface area contributed by atoms with Crippen molar-refractivity contribution >= 4 is 23.1 Å². The van der Waals surface area contributed by atoms with Crippen LogP contribution in [0.15, 0.2) is 155 Å². The lowest BCUT2D eigenvalue weighted by molar-refractivity contribution is 0.490. The van der Waals surface area contributed by atoms with E-state index in [2.05, 4.69) is 131 Å². The summed E-state index contributed by atoms with van der Waals surface area (Å²) < 4.78 is 0. The molecule has 3 aromatic carbocycles. The molecule has 0 N–H and O–H groups in total. The van der Waals surface area contributed by atoms with E-state index >= 15 is 0 Å². The number of thioether (sulfide) groups is 1. The monoisotopic (exact) mass is 625 g/mol. The highest BCUT2D eigenvalue weighted by Crippen LogP contribution is 2.56. The van der Waals surface area contributed by atoms with Crippen molar-refractivity contribution in [2.45, 2.75) is 59.6 Å². The molecule has 0 amide bonds. The van der Waals surface area contributed by atoms with Crippen molar-refractivity contribution in [3.63, 3.8) is 0 Å². The van der Waals surface area contributed by atoms with E-state index in [1.54, 1.807) is 5.57 Å². The molecule has 47 heavy (non-hydrogen) atoms. The third kappa shape index (κ3) is 4.06. The van der Waals surface area contributed by atoms with Gasteiger partial charge in [0.25, 0.3) is 0 Å². The highest BCUT2D eigenvalue weighted by atomic mass is 32.2. The highest BCUT2D eigenvalue weighted by molar-refractivity contribution is 8.00. The van der Waals surface area contributed by atoms with Gasteiger partial charge >= 0.3 is 0 Å². The van der Waals surface area contributed by atoms with Crippen molar-refractivity contribution in [3.05, 3.63) is 172 Å². The molecule has 3 nitrogen and oxygen atoms in total. The van der Waals surface area contributed by atoms with Gasteiger partial charge in [-0.3, -0.25) is 0 Å². The fourth-order valence-electron chi connectivity index (χ4n) is 9.38. The number of anilines is 2. The standard InChI is InChI=1S/C43H35N3S/c44-26-28-10-1-5-16-37(28)46-40-19-8-4-13-33(40)34-15-9-14-30(43(34)46)27-20-22-41-35(24-27)36-25-29(21-23-42(36)47-41)45-38-17-6-2-11-31(38)32-12-3-7-18-39(32)45/h1-2,4-10,13,15-25,30-31,34,36,42-43H,3,11-12,14H2. The molecule has 3 heterocycles. The normalized spacial score (nSPS) is 29.0. The summed E-state index contributed by atoms with van der Waals surface area (Å²) in [7, 11) is 0. The Balaban J connectivity index is 1.04. The van der Waals surface area contributed by atoms with Crippen LogP contribution in [0, 0.1) is 17.2 Å². The van der Waals surface area contributed by atoms with E-state index in [4.69, 9.17) is 0 Å². The molecule has 0 fully saturated rings. The van der Waals surface area contributed by atoms with Crippen molar-refractivity contribution in [2.24, 2.45) is 5.92 Å². The SMILES string of the molecule is N#Cc1ccccc1N1c2ccccc2C2C=CCC(c3ccc4c(c3)C3C=C(N5C6=CC=CCC6C6=C5C=CCC6)C=CC3S4)C21. The number of allylic oxidation sites excluding steroid dienone is 9. The van der Waals surface area contributed by atoms with Gasteiger partial charge in [0.1, 0.15) is 6.07 Å². The van der Waals surface area contributed by atoms with Crippen molar-refractivity contribution in [2.75, 3.05) is 4.90 Å². The Morgan fingerprint density at radius 1 is 0.830 bits per heavy atom. The maximum Gasteiger partial charge on any atom is 0.101 e. The van der Waals surface area contributed by atoms with Gasteiger partial charge in [0, 0.05) is 56.6 Å². The number of nitrogens with zero attached hydrogens (tertiary/aromatic N) is 3. The van der Waals surface area contributed by atoms with Crippen molar-refractivity contribution in [3.8, 4) is 6.07 Å². The van der Waals surface area contributed by atoms with E-state index in [9.17, 15) is 5.26 Å². The fraction of sp³-hybridized carbons (Fsp3) is 0.233. The van der Waals surface area contributed by atoms with Crippen LogP contribution in [0.1, 0.15) is 65.7 Å². The van der Waals surface area contributed by atoms with Gasteiger partial charge in [0.2, 0.25) is 0 Å². The van der Waals surface area contributed by atoms with Crippen LogP contribution in [0.3, 0.4) is 0 Å². The molecule has 0 saturated heterocycles.